The van der Waals surface area contributed by atoms with Crippen molar-refractivity contribution in [1.82, 2.24) is 14.9 Å². The van der Waals surface area contributed by atoms with E-state index in [1.54, 1.807) is 12.4 Å². The summed E-state index contributed by atoms with van der Waals surface area (Å²) in [5.74, 6) is 0.268. The lowest BCUT2D eigenvalue weighted by molar-refractivity contribution is -0.128. The Morgan fingerprint density at radius 1 is 1.12 bits per heavy atom. The Morgan fingerprint density at radius 2 is 1.83 bits per heavy atom. The Morgan fingerprint density at radius 3 is 2.50 bits per heavy atom. The molecule has 2 fully saturated rings. The van der Waals surface area contributed by atoms with E-state index in [1.165, 1.54) is 16.1 Å². The highest BCUT2D eigenvalue weighted by Crippen LogP contribution is 2.43. The van der Waals surface area contributed by atoms with Crippen LogP contribution in [0.4, 0.5) is 5.69 Å². The van der Waals surface area contributed by atoms with E-state index in [0.29, 0.717) is 0 Å². The van der Waals surface area contributed by atoms with Gasteiger partial charge in [-0.25, -0.2) is 9.97 Å². The average Bonchev–Trinajstić information content (AvgIpc) is 3.15. The molecule has 1 spiro atoms. The number of anilines is 1. The van der Waals surface area contributed by atoms with E-state index in [0.717, 1.165) is 51.1 Å². The van der Waals surface area contributed by atoms with Gasteiger partial charge < -0.3 is 4.90 Å². The van der Waals surface area contributed by atoms with Crippen LogP contribution in [-0.4, -0.2) is 40.4 Å². The van der Waals surface area contributed by atoms with Crippen molar-refractivity contribution in [3.05, 3.63) is 40.6 Å². The zero-order valence-electron chi connectivity index (χ0n) is 13.9. The molecule has 2 saturated heterocycles. The number of likely N-dealkylation sites (tertiary alicyclic amines) is 1. The monoisotopic (exact) mass is 342 g/mol. The van der Waals surface area contributed by atoms with Gasteiger partial charge in [-0.1, -0.05) is 0 Å². The van der Waals surface area contributed by atoms with E-state index in [1.807, 2.05) is 16.2 Å². The number of thiophene rings is 1. The molecule has 5 nitrogen and oxygen atoms in total. The van der Waals surface area contributed by atoms with Crippen molar-refractivity contribution in [1.29, 1.82) is 0 Å². The Kier molecular flexibility index (Phi) is 4.10. The van der Waals surface area contributed by atoms with Crippen molar-refractivity contribution in [2.75, 3.05) is 24.5 Å². The molecule has 4 rings (SSSR count). The number of carbonyl (C=O) groups is 1. The van der Waals surface area contributed by atoms with Crippen LogP contribution >= 0.6 is 11.3 Å². The van der Waals surface area contributed by atoms with Crippen LogP contribution in [0.25, 0.3) is 0 Å². The molecule has 4 heterocycles. The predicted octanol–water partition coefficient (Wildman–Crippen LogP) is 2.87. The maximum atomic E-state index is 13.0. The van der Waals surface area contributed by atoms with Crippen LogP contribution in [0.1, 0.15) is 29.0 Å². The third-order valence-electron chi connectivity index (χ3n) is 5.36. The van der Waals surface area contributed by atoms with Gasteiger partial charge in [0.25, 0.3) is 0 Å². The molecule has 2 aliphatic rings. The Balaban J connectivity index is 1.40. The number of hydrogen-bond donors (Lipinski definition) is 0. The molecule has 2 aromatic heterocycles. The molecule has 0 aliphatic carbocycles. The van der Waals surface area contributed by atoms with Gasteiger partial charge in [-0.2, -0.15) is 0 Å². The lowest BCUT2D eigenvalue weighted by Crippen LogP contribution is -2.44. The van der Waals surface area contributed by atoms with Crippen LogP contribution in [0.5, 0.6) is 0 Å². The molecule has 0 unspecified atom stereocenters. The number of amides is 1. The Hall–Kier alpha value is -1.79. The maximum absolute atomic E-state index is 13.0. The number of carbonyl (C=O) groups excluding carboxylic acids is 1. The fraction of sp³-hybridized carbons (Fsp3) is 0.500. The van der Waals surface area contributed by atoms with Crippen molar-refractivity contribution in [2.45, 2.75) is 32.7 Å². The quantitative estimate of drug-likeness (QED) is 0.861. The van der Waals surface area contributed by atoms with E-state index in [4.69, 9.17) is 0 Å². The fourth-order valence-corrected chi connectivity index (χ4v) is 4.82. The van der Waals surface area contributed by atoms with Crippen molar-refractivity contribution in [2.24, 2.45) is 5.41 Å². The number of hydrogen-bond acceptors (Lipinski definition) is 5. The van der Waals surface area contributed by atoms with Crippen LogP contribution in [0.2, 0.25) is 0 Å². The van der Waals surface area contributed by atoms with Gasteiger partial charge in [0.15, 0.2) is 0 Å². The first-order valence-electron chi connectivity index (χ1n) is 8.51. The van der Waals surface area contributed by atoms with Crippen molar-refractivity contribution < 1.29 is 4.79 Å². The third kappa shape index (κ3) is 2.84. The topological polar surface area (TPSA) is 49.3 Å². The molecule has 24 heavy (non-hydrogen) atoms. The Labute approximate surface area is 146 Å². The molecule has 1 amide bonds. The highest BCUT2D eigenvalue weighted by molar-refractivity contribution is 7.11. The maximum Gasteiger partial charge on any atom is 0.233 e. The molecule has 126 valence electrons. The molecule has 0 saturated carbocycles. The van der Waals surface area contributed by atoms with Crippen LogP contribution < -0.4 is 4.90 Å². The normalized spacial score (nSPS) is 20.9. The van der Waals surface area contributed by atoms with Crippen molar-refractivity contribution in [3.8, 4) is 0 Å². The van der Waals surface area contributed by atoms with Gasteiger partial charge in [0.05, 0.1) is 23.5 Å². The van der Waals surface area contributed by atoms with Gasteiger partial charge in [-0.05, 0) is 51.4 Å². The summed E-state index contributed by atoms with van der Waals surface area (Å²) in [5.41, 5.74) is 0.661. The number of piperidine rings is 1. The van der Waals surface area contributed by atoms with Gasteiger partial charge in [0.1, 0.15) is 6.33 Å². The zero-order chi connectivity index (χ0) is 16.6. The van der Waals surface area contributed by atoms with Crippen LogP contribution in [0.15, 0.2) is 30.9 Å². The van der Waals surface area contributed by atoms with Gasteiger partial charge >= 0.3 is 0 Å². The summed E-state index contributed by atoms with van der Waals surface area (Å²) in [7, 11) is 0. The molecule has 2 aromatic rings. The minimum atomic E-state index is -0.169. The van der Waals surface area contributed by atoms with E-state index in [2.05, 4.69) is 33.9 Å². The standard InChI is InChI=1S/C18H22N4OS/c1-14-2-3-16(24-14)12-21-7-4-18(5-8-21)6-9-22(17(18)23)15-10-19-13-20-11-15/h2-3,10-11,13H,4-9,12H2,1H3. The molecule has 0 N–H and O–H groups in total. The third-order valence-corrected chi connectivity index (χ3v) is 6.35. The second kappa shape index (κ2) is 6.26. The number of rotatable bonds is 3. The lowest BCUT2D eigenvalue weighted by atomic mass is 9.77. The van der Waals surface area contributed by atoms with Crippen LogP contribution in [0.3, 0.4) is 0 Å². The second-order valence-corrected chi connectivity index (χ2v) is 8.24. The first-order chi connectivity index (χ1) is 11.7. The number of nitrogens with zero attached hydrogens (tertiary/aromatic N) is 4. The summed E-state index contributed by atoms with van der Waals surface area (Å²) >= 11 is 1.87. The lowest BCUT2D eigenvalue weighted by Gasteiger charge is -2.37. The molecule has 0 aromatic carbocycles. The molecule has 2 aliphatic heterocycles. The molecular formula is C18H22N4OS. The van der Waals surface area contributed by atoms with Crippen LogP contribution in [-0.2, 0) is 11.3 Å². The number of aryl methyl sites for hydroxylation is 1. The smallest absolute Gasteiger partial charge is 0.233 e. The summed E-state index contributed by atoms with van der Waals surface area (Å²) in [5, 5.41) is 0. The van der Waals surface area contributed by atoms with E-state index >= 15 is 0 Å². The predicted molar refractivity (Wildman–Crippen MR) is 95.0 cm³/mol. The summed E-state index contributed by atoms with van der Waals surface area (Å²) in [6, 6.07) is 4.41. The minimum Gasteiger partial charge on any atom is -0.309 e. The van der Waals surface area contributed by atoms with Gasteiger partial charge in [0, 0.05) is 22.8 Å². The summed E-state index contributed by atoms with van der Waals surface area (Å²) < 4.78 is 0. The number of aromatic nitrogens is 2. The SMILES string of the molecule is Cc1ccc(CN2CCC3(CC2)CCN(c2cncnc2)C3=O)s1. The minimum absolute atomic E-state index is 0.169. The van der Waals surface area contributed by atoms with Gasteiger partial charge in [-0.3, -0.25) is 9.69 Å². The average molecular weight is 342 g/mol. The zero-order valence-corrected chi connectivity index (χ0v) is 14.8. The van der Waals surface area contributed by atoms with Crippen molar-refractivity contribution in [3.63, 3.8) is 0 Å². The molecule has 0 radical (unpaired) electrons. The molecular weight excluding hydrogens is 320 g/mol. The molecule has 0 atom stereocenters. The second-order valence-electron chi connectivity index (χ2n) is 6.87. The van der Waals surface area contributed by atoms with Gasteiger partial charge in [-0.15, -0.1) is 11.3 Å². The Bertz CT molecular complexity index is 722. The molecule has 6 heteroatoms. The van der Waals surface area contributed by atoms with E-state index in [-0.39, 0.29) is 11.3 Å². The van der Waals surface area contributed by atoms with Crippen LogP contribution in [0, 0.1) is 12.3 Å². The van der Waals surface area contributed by atoms with E-state index in [9.17, 15) is 4.79 Å². The van der Waals surface area contributed by atoms with Gasteiger partial charge in [0.2, 0.25) is 5.91 Å². The largest absolute Gasteiger partial charge is 0.309 e. The molecule has 0 bridgehead atoms. The summed E-state index contributed by atoms with van der Waals surface area (Å²) in [4.78, 5) is 28.2. The fourth-order valence-electron chi connectivity index (χ4n) is 3.89. The summed E-state index contributed by atoms with van der Waals surface area (Å²) in [6.45, 7) is 5.96. The highest BCUT2D eigenvalue weighted by Gasteiger charge is 2.48. The first kappa shape index (κ1) is 15.7. The highest BCUT2D eigenvalue weighted by atomic mass is 32.1. The van der Waals surface area contributed by atoms with E-state index < -0.39 is 0 Å². The summed E-state index contributed by atoms with van der Waals surface area (Å²) in [6.07, 6.45) is 7.84. The van der Waals surface area contributed by atoms with Crippen molar-refractivity contribution >= 4 is 22.9 Å². The first-order valence-corrected chi connectivity index (χ1v) is 9.33.